The molecule has 0 spiro atoms. The van der Waals surface area contributed by atoms with E-state index in [1.54, 1.807) is 13.0 Å². The van der Waals surface area contributed by atoms with Crippen LogP contribution in [0.25, 0.3) is 0 Å². The van der Waals surface area contributed by atoms with Crippen molar-refractivity contribution in [3.8, 4) is 0 Å². The van der Waals surface area contributed by atoms with Gasteiger partial charge in [0.1, 0.15) is 18.0 Å². The van der Waals surface area contributed by atoms with Crippen molar-refractivity contribution in [2.45, 2.75) is 94.8 Å². The van der Waals surface area contributed by atoms with Crippen molar-refractivity contribution in [3.05, 3.63) is 34.1 Å². The molecule has 4 aliphatic heterocycles. The van der Waals surface area contributed by atoms with Gasteiger partial charge in [-0.2, -0.15) is 0 Å². The lowest BCUT2D eigenvalue weighted by atomic mass is 9.81. The number of aryl methyl sites for hydroxylation is 1. The van der Waals surface area contributed by atoms with Crippen LogP contribution in [0.2, 0.25) is 0 Å². The smallest absolute Gasteiger partial charge is 0.255 e. The van der Waals surface area contributed by atoms with Crippen LogP contribution in [-0.4, -0.2) is 84.2 Å². The molecule has 2 N–H and O–H groups in total. The molecule has 3 atom stereocenters. The molecule has 0 unspecified atom stereocenters. The lowest BCUT2D eigenvalue weighted by molar-refractivity contribution is -0.136. The number of carbonyl (C=O) groups excluding carboxylic acids is 3. The monoisotopic (exact) mass is 530 g/mol. The number of ether oxygens (including phenoxy) is 1. The first-order valence-corrected chi connectivity index (χ1v) is 14.0. The second kappa shape index (κ2) is 10.3. The molecule has 10 heteroatoms. The fourth-order valence-electron chi connectivity index (χ4n) is 6.98. The number of imide groups is 1. The van der Waals surface area contributed by atoms with E-state index in [9.17, 15) is 14.4 Å². The maximum Gasteiger partial charge on any atom is 0.255 e. The highest BCUT2D eigenvalue weighted by Crippen LogP contribution is 2.41. The van der Waals surface area contributed by atoms with E-state index in [1.165, 1.54) is 4.90 Å². The van der Waals surface area contributed by atoms with Crippen molar-refractivity contribution in [3.63, 3.8) is 0 Å². The lowest BCUT2D eigenvalue weighted by Gasteiger charge is -2.47. The number of hydrogen-bond acceptors (Lipinski definition) is 6. The number of alkyl halides is 1. The number of piperidine rings is 3. The Morgan fingerprint density at radius 1 is 1.05 bits per heavy atom. The Hall–Kier alpha value is -2.43. The second-order valence-corrected chi connectivity index (χ2v) is 11.6. The summed E-state index contributed by atoms with van der Waals surface area (Å²) in [6.07, 6.45) is 4.17. The number of nitrogens with one attached hydrogen (secondary N) is 2. The van der Waals surface area contributed by atoms with E-state index in [4.69, 9.17) is 4.74 Å². The highest BCUT2D eigenvalue weighted by molar-refractivity contribution is 6.06. The first-order valence-electron chi connectivity index (χ1n) is 14.0. The number of rotatable bonds is 5. The van der Waals surface area contributed by atoms with Crippen LogP contribution in [-0.2, 0) is 20.9 Å². The Bertz CT molecular complexity index is 1130. The predicted molar refractivity (Wildman–Crippen MR) is 135 cm³/mol. The zero-order valence-corrected chi connectivity index (χ0v) is 21.8. The third-order valence-corrected chi connectivity index (χ3v) is 9.21. The lowest BCUT2D eigenvalue weighted by Crippen LogP contribution is -2.54. The number of carbonyl (C=O) groups is 3. The molecular formula is C28H36F2N4O4. The van der Waals surface area contributed by atoms with Gasteiger partial charge >= 0.3 is 0 Å². The molecule has 5 aliphatic rings. The summed E-state index contributed by atoms with van der Waals surface area (Å²) in [5.41, 5.74) is 1.43. The van der Waals surface area contributed by atoms with Crippen molar-refractivity contribution in [2.75, 3.05) is 26.2 Å². The van der Waals surface area contributed by atoms with E-state index in [0.29, 0.717) is 36.2 Å². The van der Waals surface area contributed by atoms with E-state index in [-0.39, 0.29) is 49.1 Å². The summed E-state index contributed by atoms with van der Waals surface area (Å²) in [6.45, 7) is 4.67. The summed E-state index contributed by atoms with van der Waals surface area (Å²) in [7, 11) is 0. The molecule has 1 aliphatic carbocycles. The Morgan fingerprint density at radius 2 is 1.82 bits per heavy atom. The average molecular weight is 531 g/mol. The molecule has 8 nitrogen and oxygen atoms in total. The number of amides is 3. The second-order valence-electron chi connectivity index (χ2n) is 11.6. The fraction of sp³-hybridized carbons (Fsp3) is 0.679. The van der Waals surface area contributed by atoms with Crippen LogP contribution >= 0.6 is 0 Å². The molecule has 0 bridgehead atoms. The highest BCUT2D eigenvalue weighted by atomic mass is 19.1. The van der Waals surface area contributed by atoms with Gasteiger partial charge in [-0.25, -0.2) is 8.78 Å². The number of halogens is 2. The van der Waals surface area contributed by atoms with Crippen LogP contribution in [0.15, 0.2) is 6.07 Å². The number of benzene rings is 1. The normalized spacial score (nSPS) is 32.8. The van der Waals surface area contributed by atoms with Crippen molar-refractivity contribution in [1.82, 2.24) is 20.4 Å². The number of nitrogens with zero attached hydrogens (tertiary/aromatic N) is 2. The largest absolute Gasteiger partial charge is 0.375 e. The standard InChI is InChI=1S/C28H36F2N4O4/c1-15-10-20(26(30)21-13-34(28(37)25(15)21)23-2-3-24(35)32-27(23)36)19-6-9-33(14-22(19)29)16-11-18(12-16)38-17-4-7-31-8-5-17/h10,16-19,22-23,31H,2-9,11-14H2,1H3,(H,32,35,36)/t16?,18?,19-,22+,23-/m0/s1. The Labute approximate surface area is 221 Å². The number of likely N-dealkylation sites (tertiary alicyclic amines) is 1. The van der Waals surface area contributed by atoms with Crippen LogP contribution in [0.3, 0.4) is 0 Å². The summed E-state index contributed by atoms with van der Waals surface area (Å²) in [5, 5.41) is 5.61. The van der Waals surface area contributed by atoms with E-state index >= 15 is 8.78 Å². The number of fused-ring (bicyclic) bond motifs is 1. The van der Waals surface area contributed by atoms with Crippen molar-refractivity contribution in [1.29, 1.82) is 0 Å². The summed E-state index contributed by atoms with van der Waals surface area (Å²) in [4.78, 5) is 40.6. The molecule has 4 heterocycles. The van der Waals surface area contributed by atoms with E-state index < -0.39 is 35.8 Å². The van der Waals surface area contributed by atoms with Gasteiger partial charge < -0.3 is 15.0 Å². The zero-order valence-electron chi connectivity index (χ0n) is 21.8. The van der Waals surface area contributed by atoms with Crippen LogP contribution in [0.5, 0.6) is 0 Å². The fourth-order valence-corrected chi connectivity index (χ4v) is 6.98. The minimum Gasteiger partial charge on any atom is -0.375 e. The predicted octanol–water partition coefficient (Wildman–Crippen LogP) is 2.32. The van der Waals surface area contributed by atoms with Gasteiger partial charge in [-0.1, -0.05) is 6.07 Å². The van der Waals surface area contributed by atoms with E-state index in [2.05, 4.69) is 15.5 Å². The van der Waals surface area contributed by atoms with Crippen molar-refractivity contribution >= 4 is 17.7 Å². The molecule has 3 saturated heterocycles. The molecule has 206 valence electrons. The molecule has 0 radical (unpaired) electrons. The van der Waals surface area contributed by atoms with Crippen molar-refractivity contribution < 1.29 is 27.9 Å². The highest BCUT2D eigenvalue weighted by Gasteiger charge is 2.44. The van der Waals surface area contributed by atoms with Gasteiger partial charge in [-0.05, 0) is 76.2 Å². The SMILES string of the molecule is Cc1cc([C@@H]2CCN(C3CC(OC4CCNCC4)C3)C[C@H]2F)c(F)c2c1C(=O)N([C@H]1CCC(=O)NC1=O)C2. The van der Waals surface area contributed by atoms with Gasteiger partial charge in [0.25, 0.3) is 5.91 Å². The summed E-state index contributed by atoms with van der Waals surface area (Å²) < 4.78 is 37.6. The molecule has 4 fully saturated rings. The van der Waals surface area contributed by atoms with Crippen LogP contribution in [0, 0.1) is 12.7 Å². The zero-order chi connectivity index (χ0) is 26.6. The van der Waals surface area contributed by atoms with Crippen LogP contribution < -0.4 is 10.6 Å². The van der Waals surface area contributed by atoms with Gasteiger partial charge in [-0.3, -0.25) is 24.6 Å². The van der Waals surface area contributed by atoms with Gasteiger partial charge in [0.2, 0.25) is 11.8 Å². The molecular weight excluding hydrogens is 494 g/mol. The Kier molecular flexibility index (Phi) is 6.98. The van der Waals surface area contributed by atoms with Gasteiger partial charge in [0.05, 0.1) is 24.3 Å². The molecule has 0 aromatic heterocycles. The van der Waals surface area contributed by atoms with Crippen LogP contribution in [0.4, 0.5) is 8.78 Å². The Balaban J connectivity index is 1.10. The maximum atomic E-state index is 15.9. The quantitative estimate of drug-likeness (QED) is 0.568. The summed E-state index contributed by atoms with van der Waals surface area (Å²) in [5.74, 6) is -2.41. The summed E-state index contributed by atoms with van der Waals surface area (Å²) >= 11 is 0. The topological polar surface area (TPSA) is 91.0 Å². The molecule has 1 aromatic carbocycles. The molecule has 3 amide bonds. The van der Waals surface area contributed by atoms with Gasteiger partial charge in [0.15, 0.2) is 0 Å². The first-order chi connectivity index (χ1) is 18.3. The average Bonchev–Trinajstić information content (AvgIpc) is 3.22. The molecule has 1 aromatic rings. The third-order valence-electron chi connectivity index (χ3n) is 9.21. The first kappa shape index (κ1) is 25.8. The minimum atomic E-state index is -1.21. The van der Waals surface area contributed by atoms with Gasteiger partial charge in [0, 0.05) is 30.5 Å². The van der Waals surface area contributed by atoms with Crippen LogP contribution in [0.1, 0.15) is 77.9 Å². The molecule has 6 rings (SSSR count). The van der Waals surface area contributed by atoms with E-state index in [0.717, 1.165) is 38.8 Å². The third kappa shape index (κ3) is 4.64. The van der Waals surface area contributed by atoms with Gasteiger partial charge in [-0.15, -0.1) is 0 Å². The Morgan fingerprint density at radius 3 is 2.53 bits per heavy atom. The number of hydrogen-bond donors (Lipinski definition) is 2. The maximum absolute atomic E-state index is 15.9. The summed E-state index contributed by atoms with van der Waals surface area (Å²) in [6, 6.07) is 1.13. The minimum absolute atomic E-state index is 0.0444. The molecule has 1 saturated carbocycles. The van der Waals surface area contributed by atoms with E-state index in [1.807, 2.05) is 0 Å². The van der Waals surface area contributed by atoms with Crippen molar-refractivity contribution in [2.24, 2.45) is 0 Å². The molecule has 38 heavy (non-hydrogen) atoms.